The summed E-state index contributed by atoms with van der Waals surface area (Å²) in [5, 5.41) is 5.79. The average molecular weight is 470 g/mol. The van der Waals surface area contributed by atoms with Gasteiger partial charge in [0.15, 0.2) is 0 Å². The number of methoxy groups -OCH3 is 1. The zero-order valence-electron chi connectivity index (χ0n) is 18.6. The molecule has 0 saturated heterocycles. The van der Waals surface area contributed by atoms with Gasteiger partial charge in [0.05, 0.1) is 18.5 Å². The van der Waals surface area contributed by atoms with E-state index in [1.807, 2.05) is 13.8 Å². The van der Waals surface area contributed by atoms with E-state index in [-0.39, 0.29) is 11.6 Å². The number of nitrogens with zero attached hydrogens (tertiary/aromatic N) is 1. The highest BCUT2D eigenvalue weighted by molar-refractivity contribution is 6.31. The minimum absolute atomic E-state index is 0.244. The molecule has 10 heteroatoms. The van der Waals surface area contributed by atoms with Crippen LogP contribution in [0, 0.1) is 13.8 Å². The van der Waals surface area contributed by atoms with Crippen molar-refractivity contribution in [3.63, 3.8) is 0 Å². The van der Waals surface area contributed by atoms with Crippen molar-refractivity contribution in [1.82, 2.24) is 15.7 Å². The second-order valence-corrected chi connectivity index (χ2v) is 7.40. The average Bonchev–Trinajstić information content (AvgIpc) is 2.81. The Morgan fingerprint density at radius 1 is 1.03 bits per heavy atom. The number of aromatic nitrogens is 1. The fourth-order valence-corrected chi connectivity index (χ4v) is 3.08. The van der Waals surface area contributed by atoms with Crippen molar-refractivity contribution in [2.75, 3.05) is 24.9 Å². The van der Waals surface area contributed by atoms with Crippen LogP contribution in [0.3, 0.4) is 0 Å². The van der Waals surface area contributed by atoms with Gasteiger partial charge in [0.2, 0.25) is 0 Å². The highest BCUT2D eigenvalue weighted by Gasteiger charge is 2.12. The van der Waals surface area contributed by atoms with Gasteiger partial charge in [-0.2, -0.15) is 0 Å². The van der Waals surface area contributed by atoms with Gasteiger partial charge < -0.3 is 20.1 Å². The molecule has 0 spiro atoms. The molecule has 3 rings (SSSR count). The number of pyridine rings is 1. The SMILES string of the molecule is CNC(=O)c1cc(Oc2cccc(NNC(=O)Nc3cc(C)c(Cl)cc3OC)c2C)ccn1. The van der Waals surface area contributed by atoms with Crippen LogP contribution in [-0.4, -0.2) is 31.1 Å². The molecular weight excluding hydrogens is 446 g/mol. The largest absolute Gasteiger partial charge is 0.495 e. The Labute approximate surface area is 196 Å². The van der Waals surface area contributed by atoms with Gasteiger partial charge in [-0.15, -0.1) is 0 Å². The fraction of sp³-hybridized carbons (Fsp3) is 0.174. The molecular formula is C23H24ClN5O4. The van der Waals surface area contributed by atoms with Gasteiger partial charge in [-0.3, -0.25) is 20.6 Å². The molecule has 0 fully saturated rings. The standard InChI is InChI=1S/C23H24ClN5O4/c1-13-10-18(21(32-4)12-16(13)24)27-23(31)29-28-17-6-5-7-20(14(17)2)33-15-8-9-26-19(11-15)22(30)25-3/h5-12,28H,1-4H3,(H,25,30)(H2,27,29,31). The van der Waals surface area contributed by atoms with Crippen LogP contribution in [-0.2, 0) is 0 Å². The number of aryl methyl sites for hydroxylation is 1. The molecule has 0 atom stereocenters. The van der Waals surface area contributed by atoms with Crippen molar-refractivity contribution in [3.8, 4) is 17.2 Å². The zero-order chi connectivity index (χ0) is 24.0. The van der Waals surface area contributed by atoms with Crippen LogP contribution in [0.4, 0.5) is 16.2 Å². The number of nitrogens with one attached hydrogen (secondary N) is 4. The third-order valence-electron chi connectivity index (χ3n) is 4.74. The molecule has 9 nitrogen and oxygen atoms in total. The highest BCUT2D eigenvalue weighted by Crippen LogP contribution is 2.31. The second-order valence-electron chi connectivity index (χ2n) is 6.99. The number of hydrogen-bond donors (Lipinski definition) is 4. The Morgan fingerprint density at radius 2 is 1.82 bits per heavy atom. The molecule has 0 bridgehead atoms. The maximum absolute atomic E-state index is 12.4. The lowest BCUT2D eigenvalue weighted by molar-refractivity contribution is 0.0958. The monoisotopic (exact) mass is 469 g/mol. The van der Waals surface area contributed by atoms with E-state index >= 15 is 0 Å². The van der Waals surface area contributed by atoms with Crippen molar-refractivity contribution < 1.29 is 19.1 Å². The van der Waals surface area contributed by atoms with Gasteiger partial charge >= 0.3 is 6.03 Å². The van der Waals surface area contributed by atoms with Crippen molar-refractivity contribution in [2.24, 2.45) is 0 Å². The number of amides is 3. The number of halogens is 1. The summed E-state index contributed by atoms with van der Waals surface area (Å²) in [6.07, 6.45) is 1.50. The van der Waals surface area contributed by atoms with Gasteiger partial charge in [-0.05, 0) is 43.7 Å². The summed E-state index contributed by atoms with van der Waals surface area (Å²) >= 11 is 6.11. The first kappa shape index (κ1) is 23.7. The maximum Gasteiger partial charge on any atom is 0.337 e. The van der Waals surface area contributed by atoms with Crippen molar-refractivity contribution in [1.29, 1.82) is 0 Å². The smallest absolute Gasteiger partial charge is 0.337 e. The summed E-state index contributed by atoms with van der Waals surface area (Å²) in [5.74, 6) is 1.14. The predicted octanol–water partition coefficient (Wildman–Crippen LogP) is 4.66. The third kappa shape index (κ3) is 5.83. The molecule has 0 radical (unpaired) electrons. The number of ether oxygens (including phenoxy) is 2. The summed E-state index contributed by atoms with van der Waals surface area (Å²) in [6.45, 7) is 3.67. The summed E-state index contributed by atoms with van der Waals surface area (Å²) in [7, 11) is 3.03. The Morgan fingerprint density at radius 3 is 2.55 bits per heavy atom. The number of carbonyl (C=O) groups is 2. The Balaban J connectivity index is 1.69. The third-order valence-corrected chi connectivity index (χ3v) is 5.15. The van der Waals surface area contributed by atoms with Crippen LogP contribution in [0.15, 0.2) is 48.7 Å². The summed E-state index contributed by atoms with van der Waals surface area (Å²) < 4.78 is 11.2. The van der Waals surface area contributed by atoms with Crippen molar-refractivity contribution in [3.05, 3.63) is 70.5 Å². The van der Waals surface area contributed by atoms with Crippen molar-refractivity contribution >= 4 is 34.9 Å². The Hall–Kier alpha value is -3.98. The molecule has 0 aliphatic rings. The van der Waals surface area contributed by atoms with Gasteiger partial charge in [0, 0.05) is 36.0 Å². The normalized spacial score (nSPS) is 10.2. The first-order valence-corrected chi connectivity index (χ1v) is 10.3. The van der Waals surface area contributed by atoms with Crippen molar-refractivity contribution in [2.45, 2.75) is 13.8 Å². The van der Waals surface area contributed by atoms with Crippen LogP contribution in [0.5, 0.6) is 17.2 Å². The highest BCUT2D eigenvalue weighted by atomic mass is 35.5. The number of urea groups is 1. The van der Waals surface area contributed by atoms with Crippen LogP contribution in [0.2, 0.25) is 5.02 Å². The number of carbonyl (C=O) groups excluding carboxylic acids is 2. The number of benzene rings is 2. The summed E-state index contributed by atoms with van der Waals surface area (Å²) in [4.78, 5) is 28.2. The van der Waals surface area contributed by atoms with Crippen LogP contribution < -0.4 is 31.0 Å². The molecule has 0 aliphatic heterocycles. The van der Waals surface area contributed by atoms with Crippen LogP contribution >= 0.6 is 11.6 Å². The molecule has 3 aromatic rings. The molecule has 33 heavy (non-hydrogen) atoms. The quantitative estimate of drug-likeness (QED) is 0.374. The Bertz CT molecular complexity index is 1190. The van der Waals surface area contributed by atoms with E-state index in [0.29, 0.717) is 33.6 Å². The summed E-state index contributed by atoms with van der Waals surface area (Å²) in [6, 6.07) is 11.4. The molecule has 0 saturated carbocycles. The van der Waals surface area contributed by atoms with E-state index in [0.717, 1.165) is 11.1 Å². The topological polar surface area (TPSA) is 114 Å². The number of hydrogen-bond acceptors (Lipinski definition) is 6. The van der Waals surface area contributed by atoms with E-state index in [9.17, 15) is 9.59 Å². The molecule has 1 aromatic heterocycles. The minimum Gasteiger partial charge on any atom is -0.495 e. The predicted molar refractivity (Wildman–Crippen MR) is 127 cm³/mol. The van der Waals surface area contributed by atoms with E-state index in [1.54, 1.807) is 42.5 Å². The molecule has 172 valence electrons. The number of anilines is 2. The van der Waals surface area contributed by atoms with Gasteiger partial charge in [0.25, 0.3) is 5.91 Å². The van der Waals surface area contributed by atoms with Crippen LogP contribution in [0.25, 0.3) is 0 Å². The lowest BCUT2D eigenvalue weighted by Crippen LogP contribution is -2.34. The molecule has 4 N–H and O–H groups in total. The molecule has 3 amide bonds. The van der Waals surface area contributed by atoms with E-state index < -0.39 is 6.03 Å². The second kappa shape index (κ2) is 10.6. The van der Waals surface area contributed by atoms with E-state index in [1.165, 1.54) is 20.4 Å². The molecule has 0 unspecified atom stereocenters. The number of rotatable bonds is 7. The maximum atomic E-state index is 12.4. The number of hydrazine groups is 1. The molecule has 0 aliphatic carbocycles. The van der Waals surface area contributed by atoms with Gasteiger partial charge in [0.1, 0.15) is 22.9 Å². The van der Waals surface area contributed by atoms with Gasteiger partial charge in [-0.1, -0.05) is 17.7 Å². The van der Waals surface area contributed by atoms with E-state index in [4.69, 9.17) is 21.1 Å². The van der Waals surface area contributed by atoms with E-state index in [2.05, 4.69) is 26.5 Å². The lowest BCUT2D eigenvalue weighted by atomic mass is 10.2. The molecule has 1 heterocycles. The van der Waals surface area contributed by atoms with Gasteiger partial charge in [-0.25, -0.2) is 4.79 Å². The first-order chi connectivity index (χ1) is 15.8. The lowest BCUT2D eigenvalue weighted by Gasteiger charge is -2.16. The first-order valence-electron chi connectivity index (χ1n) is 9.95. The van der Waals surface area contributed by atoms with Crippen LogP contribution in [0.1, 0.15) is 21.6 Å². The Kier molecular flexibility index (Phi) is 7.57. The minimum atomic E-state index is -0.495. The molecule has 2 aromatic carbocycles. The summed E-state index contributed by atoms with van der Waals surface area (Å²) in [5.41, 5.74) is 8.37. The fourth-order valence-electron chi connectivity index (χ4n) is 2.92. The zero-order valence-corrected chi connectivity index (χ0v) is 19.3.